The lowest BCUT2D eigenvalue weighted by Crippen LogP contribution is -2.10. The van der Waals surface area contributed by atoms with Crippen LogP contribution in [0.5, 0.6) is 0 Å². The maximum absolute atomic E-state index is 5.48. The topological polar surface area (TPSA) is 9.23 Å². The Morgan fingerprint density at radius 3 is 2.64 bits per heavy atom. The smallest absolute Gasteiger partial charge is 0.161 e. The molecule has 0 N–H and O–H groups in total. The summed E-state index contributed by atoms with van der Waals surface area (Å²) in [4.78, 5) is 0. The van der Waals surface area contributed by atoms with Gasteiger partial charge in [-0.15, -0.1) is 0 Å². The largest absolute Gasteiger partial charge is 0.424 e. The van der Waals surface area contributed by atoms with Crippen LogP contribution >= 0.6 is 0 Å². The van der Waals surface area contributed by atoms with Gasteiger partial charge in [0.1, 0.15) is 0 Å². The zero-order valence-corrected chi connectivity index (χ0v) is 9.06. The van der Waals surface area contributed by atoms with Crippen LogP contribution in [0.25, 0.3) is 0 Å². The summed E-state index contributed by atoms with van der Waals surface area (Å²) in [6.07, 6.45) is 7.41. The lowest BCUT2D eigenvalue weighted by molar-refractivity contribution is 0.335. The summed E-state index contributed by atoms with van der Waals surface area (Å²) in [5.74, 6) is 1.04. The van der Waals surface area contributed by atoms with E-state index in [1.165, 1.54) is 38.1 Å². The first kappa shape index (κ1) is 9.27. The van der Waals surface area contributed by atoms with Crippen LogP contribution in [-0.4, -0.2) is 16.4 Å². The number of rotatable bonds is 4. The Hall–Kier alpha value is 0.177. The maximum Gasteiger partial charge on any atom is 0.161 e. The van der Waals surface area contributed by atoms with Gasteiger partial charge in [0.15, 0.2) is 9.76 Å². The third-order valence-electron chi connectivity index (χ3n) is 2.60. The molecule has 0 saturated heterocycles. The Morgan fingerprint density at radius 1 is 1.27 bits per heavy atom. The number of hydrogen-bond acceptors (Lipinski definition) is 1. The van der Waals surface area contributed by atoms with Crippen LogP contribution in [0.1, 0.15) is 39.0 Å². The quantitative estimate of drug-likeness (QED) is 0.466. The van der Waals surface area contributed by atoms with Crippen molar-refractivity contribution in [1.82, 2.24) is 0 Å². The highest BCUT2D eigenvalue weighted by Crippen LogP contribution is 2.26. The van der Waals surface area contributed by atoms with E-state index in [4.69, 9.17) is 4.43 Å². The summed E-state index contributed by atoms with van der Waals surface area (Å²) < 4.78 is 5.48. The average Bonchev–Trinajstić information content (AvgIpc) is 2.07. The predicted octanol–water partition coefficient (Wildman–Crippen LogP) is 2.11. The van der Waals surface area contributed by atoms with Gasteiger partial charge in [0.05, 0.1) is 0 Å². The van der Waals surface area contributed by atoms with Crippen LogP contribution in [-0.2, 0) is 4.43 Å². The van der Waals surface area contributed by atoms with E-state index in [0.29, 0.717) is 0 Å². The van der Waals surface area contributed by atoms with Gasteiger partial charge in [-0.3, -0.25) is 0 Å². The molecule has 0 unspecified atom stereocenters. The second-order valence-electron chi connectivity index (χ2n) is 3.49. The van der Waals surface area contributed by atoms with Gasteiger partial charge in [-0.05, 0) is 18.9 Å². The first-order valence-electron chi connectivity index (χ1n) is 5.01. The monoisotopic (exact) mass is 172 g/mol. The SMILES string of the molecule is CCO[SiH2]CC1CCCCC1. The van der Waals surface area contributed by atoms with Crippen molar-refractivity contribution in [2.24, 2.45) is 5.92 Å². The third-order valence-corrected chi connectivity index (χ3v) is 4.35. The van der Waals surface area contributed by atoms with Crippen LogP contribution in [0.2, 0.25) is 6.04 Å². The Morgan fingerprint density at radius 2 is 2.00 bits per heavy atom. The summed E-state index contributed by atoms with van der Waals surface area (Å²) >= 11 is 0. The minimum absolute atomic E-state index is 0.134. The summed E-state index contributed by atoms with van der Waals surface area (Å²) in [5.41, 5.74) is 0. The van der Waals surface area contributed by atoms with Crippen molar-refractivity contribution < 1.29 is 4.43 Å². The Balaban J connectivity index is 1.96. The van der Waals surface area contributed by atoms with Gasteiger partial charge in [0.25, 0.3) is 0 Å². The predicted molar refractivity (Wildman–Crippen MR) is 51.6 cm³/mol. The molecule has 0 radical (unpaired) electrons. The molecule has 2 heteroatoms. The van der Waals surface area contributed by atoms with E-state index in [1.807, 2.05) is 0 Å². The highest BCUT2D eigenvalue weighted by molar-refractivity contribution is 6.27. The zero-order valence-electron chi connectivity index (χ0n) is 7.64. The van der Waals surface area contributed by atoms with Crippen molar-refractivity contribution in [2.75, 3.05) is 6.61 Å². The van der Waals surface area contributed by atoms with E-state index in [9.17, 15) is 0 Å². The van der Waals surface area contributed by atoms with Gasteiger partial charge in [-0.25, -0.2) is 0 Å². The lowest BCUT2D eigenvalue weighted by Gasteiger charge is -2.20. The van der Waals surface area contributed by atoms with Crippen molar-refractivity contribution in [3.05, 3.63) is 0 Å². The summed E-state index contributed by atoms with van der Waals surface area (Å²) in [7, 11) is -0.134. The van der Waals surface area contributed by atoms with Gasteiger partial charge in [-0.2, -0.15) is 0 Å². The molecule has 0 aromatic rings. The second kappa shape index (κ2) is 5.78. The van der Waals surface area contributed by atoms with E-state index >= 15 is 0 Å². The molecule has 1 rings (SSSR count). The molecule has 1 fully saturated rings. The second-order valence-corrected chi connectivity index (χ2v) is 4.88. The van der Waals surface area contributed by atoms with E-state index in [2.05, 4.69) is 6.92 Å². The molecule has 1 aliphatic rings. The summed E-state index contributed by atoms with van der Waals surface area (Å²) in [5, 5.41) is 0. The van der Waals surface area contributed by atoms with Crippen LogP contribution in [0, 0.1) is 5.92 Å². The molecule has 66 valence electrons. The maximum atomic E-state index is 5.48. The number of hydrogen-bond donors (Lipinski definition) is 0. The van der Waals surface area contributed by atoms with Gasteiger partial charge in [-0.1, -0.05) is 32.1 Å². The Kier molecular flexibility index (Phi) is 4.87. The minimum Gasteiger partial charge on any atom is -0.424 e. The van der Waals surface area contributed by atoms with Gasteiger partial charge < -0.3 is 4.43 Å². The van der Waals surface area contributed by atoms with E-state index in [1.54, 1.807) is 0 Å². The molecule has 1 aliphatic carbocycles. The molecule has 0 heterocycles. The molecule has 1 nitrogen and oxygen atoms in total. The van der Waals surface area contributed by atoms with Crippen LogP contribution in [0.4, 0.5) is 0 Å². The molecule has 0 aliphatic heterocycles. The van der Waals surface area contributed by atoms with E-state index in [0.717, 1.165) is 12.5 Å². The molecular weight excluding hydrogens is 152 g/mol. The fourth-order valence-corrected chi connectivity index (χ4v) is 3.24. The van der Waals surface area contributed by atoms with Gasteiger partial charge in [0.2, 0.25) is 0 Å². The third kappa shape index (κ3) is 3.92. The highest BCUT2D eigenvalue weighted by atomic mass is 28.2. The molecule has 0 atom stereocenters. The van der Waals surface area contributed by atoms with Gasteiger partial charge >= 0.3 is 0 Å². The molecular formula is C9H20OSi. The molecule has 0 bridgehead atoms. The van der Waals surface area contributed by atoms with Crippen molar-refractivity contribution in [3.8, 4) is 0 Å². The fraction of sp³-hybridized carbons (Fsp3) is 1.00. The van der Waals surface area contributed by atoms with Crippen molar-refractivity contribution in [2.45, 2.75) is 45.1 Å². The Bertz CT molecular complexity index is 89.6. The normalized spacial score (nSPS) is 21.5. The molecule has 0 amide bonds. The molecule has 0 aromatic carbocycles. The zero-order chi connectivity index (χ0) is 7.94. The van der Waals surface area contributed by atoms with Gasteiger partial charge in [0, 0.05) is 6.61 Å². The minimum atomic E-state index is -0.134. The van der Waals surface area contributed by atoms with Crippen molar-refractivity contribution in [3.63, 3.8) is 0 Å². The van der Waals surface area contributed by atoms with E-state index < -0.39 is 0 Å². The highest BCUT2D eigenvalue weighted by Gasteiger charge is 2.12. The van der Waals surface area contributed by atoms with Crippen LogP contribution < -0.4 is 0 Å². The van der Waals surface area contributed by atoms with Crippen LogP contribution in [0.15, 0.2) is 0 Å². The van der Waals surface area contributed by atoms with Crippen molar-refractivity contribution >= 4 is 9.76 Å². The molecule has 0 spiro atoms. The molecule has 1 saturated carbocycles. The molecule has 11 heavy (non-hydrogen) atoms. The van der Waals surface area contributed by atoms with E-state index in [-0.39, 0.29) is 9.76 Å². The lowest BCUT2D eigenvalue weighted by atomic mass is 9.91. The fourth-order valence-electron chi connectivity index (χ4n) is 1.87. The summed E-state index contributed by atoms with van der Waals surface area (Å²) in [6, 6.07) is 1.44. The summed E-state index contributed by atoms with van der Waals surface area (Å²) in [6.45, 7) is 3.05. The first-order valence-corrected chi connectivity index (χ1v) is 6.59. The first-order chi connectivity index (χ1) is 5.43. The van der Waals surface area contributed by atoms with Crippen LogP contribution in [0.3, 0.4) is 0 Å². The molecule has 0 aromatic heterocycles. The Labute approximate surface area is 72.5 Å². The average molecular weight is 172 g/mol. The standard InChI is InChI=1S/C9H20OSi/c1-2-10-11-8-9-6-4-3-5-7-9/h9H,2-8,11H2,1H3. The van der Waals surface area contributed by atoms with Crippen molar-refractivity contribution in [1.29, 1.82) is 0 Å².